The predicted octanol–water partition coefficient (Wildman–Crippen LogP) is 3.96. The van der Waals surface area contributed by atoms with Gasteiger partial charge in [0.2, 0.25) is 10.0 Å². The highest BCUT2D eigenvalue weighted by Gasteiger charge is 2.38. The lowest BCUT2D eigenvalue weighted by atomic mass is 10.0. The van der Waals surface area contributed by atoms with E-state index in [0.29, 0.717) is 24.4 Å². The van der Waals surface area contributed by atoms with Crippen LogP contribution in [0.15, 0.2) is 71.6 Å². The Bertz CT molecular complexity index is 1440. The number of nitrogens with zero attached hydrogens (tertiary/aromatic N) is 2. The van der Waals surface area contributed by atoms with E-state index in [-0.39, 0.29) is 35.3 Å². The largest absolute Gasteiger partial charge is 0.497 e. The first-order chi connectivity index (χ1) is 19.0. The van der Waals surface area contributed by atoms with Crippen LogP contribution in [-0.4, -0.2) is 79.8 Å². The third-order valence-corrected chi connectivity index (χ3v) is 9.29. The minimum atomic E-state index is -3.96. The molecule has 1 aliphatic rings. The molecule has 0 bridgehead atoms. The molecule has 3 aromatic carbocycles. The van der Waals surface area contributed by atoms with E-state index in [4.69, 9.17) is 9.47 Å². The number of sulfonamides is 1. The van der Waals surface area contributed by atoms with Gasteiger partial charge >= 0.3 is 5.97 Å². The van der Waals surface area contributed by atoms with Gasteiger partial charge in [0, 0.05) is 31.6 Å². The van der Waals surface area contributed by atoms with Gasteiger partial charge < -0.3 is 19.7 Å². The SMILES string of the molecule is COc1ccc(-c2ccc3c(c2)O[C@H](CN(C)Cc2ccccc2C(=O)O)[C@@H](C)CN([C@H](C)CO)S3(=O)=O)cc1. The number of likely N-dealkylation sites (N-methyl/N-ethyl adjacent to an activating group) is 1. The van der Waals surface area contributed by atoms with E-state index in [1.165, 1.54) is 4.31 Å². The molecule has 0 aliphatic carbocycles. The quantitative estimate of drug-likeness (QED) is 0.399. The predicted molar refractivity (Wildman–Crippen MR) is 152 cm³/mol. The van der Waals surface area contributed by atoms with Crippen LogP contribution in [0.3, 0.4) is 0 Å². The highest BCUT2D eigenvalue weighted by molar-refractivity contribution is 7.89. The summed E-state index contributed by atoms with van der Waals surface area (Å²) in [5.41, 5.74) is 2.58. The van der Waals surface area contributed by atoms with E-state index in [9.17, 15) is 23.4 Å². The van der Waals surface area contributed by atoms with Crippen LogP contribution in [0, 0.1) is 5.92 Å². The van der Waals surface area contributed by atoms with E-state index in [2.05, 4.69) is 0 Å². The van der Waals surface area contributed by atoms with Gasteiger partial charge in [-0.05, 0) is 61.0 Å². The van der Waals surface area contributed by atoms with Crippen LogP contribution in [-0.2, 0) is 16.6 Å². The Morgan fingerprint density at radius 2 is 1.80 bits per heavy atom. The number of fused-ring (bicyclic) bond motifs is 1. The highest BCUT2D eigenvalue weighted by atomic mass is 32.2. The first kappa shape index (κ1) is 29.5. The normalized spacial score (nSPS) is 19.6. The van der Waals surface area contributed by atoms with Gasteiger partial charge in [-0.1, -0.05) is 43.3 Å². The first-order valence-corrected chi connectivity index (χ1v) is 14.6. The summed E-state index contributed by atoms with van der Waals surface area (Å²) < 4.78 is 40.6. The van der Waals surface area contributed by atoms with E-state index in [1.807, 2.05) is 43.1 Å². The lowest BCUT2D eigenvalue weighted by Gasteiger charge is -2.37. The summed E-state index contributed by atoms with van der Waals surface area (Å²) in [5.74, 6) is -0.277. The maximum Gasteiger partial charge on any atom is 0.336 e. The fraction of sp³-hybridized carbons (Fsp3) is 0.367. The zero-order chi connectivity index (χ0) is 29.0. The Kier molecular flexibility index (Phi) is 9.15. The number of carboxylic acids is 1. The number of methoxy groups -OCH3 is 1. The summed E-state index contributed by atoms with van der Waals surface area (Å²) >= 11 is 0. The van der Waals surface area contributed by atoms with Gasteiger partial charge in [-0.15, -0.1) is 0 Å². The molecular formula is C30H36N2O7S. The standard InChI is InChI=1S/C30H36N2O7S/c1-20-16-32(21(2)19-33)40(36,37)29-14-11-23(22-9-12-25(38-4)13-10-22)15-27(29)39-28(20)18-31(3)17-24-7-5-6-8-26(24)30(34)35/h5-15,20-21,28,33H,16-19H2,1-4H3,(H,34,35)/t20-,21+,28+/m0/s1. The Morgan fingerprint density at radius 3 is 2.45 bits per heavy atom. The van der Waals surface area contributed by atoms with Gasteiger partial charge in [-0.25, -0.2) is 13.2 Å². The van der Waals surface area contributed by atoms with E-state index >= 15 is 0 Å². The molecule has 0 radical (unpaired) electrons. The molecule has 0 unspecified atom stereocenters. The van der Waals surface area contributed by atoms with Crippen LogP contribution in [0.1, 0.15) is 29.8 Å². The van der Waals surface area contributed by atoms with Gasteiger partial charge in [0.25, 0.3) is 0 Å². The number of hydrogen-bond acceptors (Lipinski definition) is 7. The molecule has 10 heteroatoms. The van der Waals surface area contributed by atoms with Crippen molar-refractivity contribution < 1.29 is 32.9 Å². The maximum atomic E-state index is 13.8. The topological polar surface area (TPSA) is 117 Å². The second-order valence-electron chi connectivity index (χ2n) is 10.3. The zero-order valence-corrected chi connectivity index (χ0v) is 24.0. The summed E-state index contributed by atoms with van der Waals surface area (Å²) in [6.07, 6.45) is -0.421. The Morgan fingerprint density at radius 1 is 1.12 bits per heavy atom. The van der Waals surface area contributed by atoms with Crippen molar-refractivity contribution in [1.29, 1.82) is 0 Å². The molecule has 9 nitrogen and oxygen atoms in total. The average Bonchev–Trinajstić information content (AvgIpc) is 2.94. The highest BCUT2D eigenvalue weighted by Crippen LogP contribution is 2.37. The molecule has 3 atom stereocenters. The van der Waals surface area contributed by atoms with Crippen molar-refractivity contribution in [1.82, 2.24) is 9.21 Å². The monoisotopic (exact) mass is 568 g/mol. The molecule has 1 heterocycles. The lowest BCUT2D eigenvalue weighted by Crippen LogP contribution is -2.49. The van der Waals surface area contributed by atoms with Gasteiger partial charge in [0.1, 0.15) is 22.5 Å². The summed E-state index contributed by atoms with van der Waals surface area (Å²) in [4.78, 5) is 13.7. The number of carboxylic acid groups (broad SMARTS) is 1. The van der Waals surface area contributed by atoms with E-state index < -0.39 is 28.1 Å². The van der Waals surface area contributed by atoms with Crippen molar-refractivity contribution in [2.24, 2.45) is 5.92 Å². The molecule has 4 rings (SSSR count). The summed E-state index contributed by atoms with van der Waals surface area (Å²) in [7, 11) is -0.487. The number of aliphatic hydroxyl groups is 1. The molecule has 0 saturated carbocycles. The molecule has 40 heavy (non-hydrogen) atoms. The van der Waals surface area contributed by atoms with Crippen LogP contribution in [0.5, 0.6) is 11.5 Å². The summed E-state index contributed by atoms with van der Waals surface area (Å²) in [6, 6.07) is 18.7. The van der Waals surface area contributed by atoms with E-state index in [0.717, 1.165) is 11.1 Å². The van der Waals surface area contributed by atoms with Crippen molar-refractivity contribution in [2.45, 2.75) is 37.4 Å². The second kappa shape index (κ2) is 12.4. The van der Waals surface area contributed by atoms with Crippen molar-refractivity contribution in [2.75, 3.05) is 33.9 Å². The Hall–Kier alpha value is -3.44. The Balaban J connectivity index is 1.71. The smallest absolute Gasteiger partial charge is 0.336 e. The average molecular weight is 569 g/mol. The van der Waals surface area contributed by atoms with Crippen molar-refractivity contribution >= 4 is 16.0 Å². The third-order valence-electron chi connectivity index (χ3n) is 7.27. The van der Waals surface area contributed by atoms with Crippen molar-refractivity contribution in [3.05, 3.63) is 77.9 Å². The first-order valence-electron chi connectivity index (χ1n) is 13.1. The molecule has 0 aromatic heterocycles. The van der Waals surface area contributed by atoms with Crippen molar-refractivity contribution in [3.63, 3.8) is 0 Å². The molecule has 2 N–H and O–H groups in total. The molecule has 3 aromatic rings. The van der Waals surface area contributed by atoms with Crippen LogP contribution < -0.4 is 9.47 Å². The molecule has 0 saturated heterocycles. The van der Waals surface area contributed by atoms with E-state index in [1.54, 1.807) is 56.5 Å². The number of rotatable bonds is 9. The molecule has 1 aliphatic heterocycles. The summed E-state index contributed by atoms with van der Waals surface area (Å²) in [6.45, 7) is 4.25. The maximum absolute atomic E-state index is 13.8. The van der Waals surface area contributed by atoms with Crippen LogP contribution in [0.2, 0.25) is 0 Å². The number of hydrogen-bond donors (Lipinski definition) is 2. The number of aliphatic hydroxyl groups excluding tert-OH is 1. The van der Waals surface area contributed by atoms with Crippen molar-refractivity contribution in [3.8, 4) is 22.6 Å². The van der Waals surface area contributed by atoms with Gasteiger partial charge in [-0.2, -0.15) is 4.31 Å². The molecule has 214 valence electrons. The molecule has 0 spiro atoms. The number of aromatic carboxylic acids is 1. The molecular weight excluding hydrogens is 532 g/mol. The Labute approximate surface area is 235 Å². The number of benzene rings is 3. The minimum absolute atomic E-state index is 0.0424. The lowest BCUT2D eigenvalue weighted by molar-refractivity contribution is 0.0686. The fourth-order valence-electron chi connectivity index (χ4n) is 4.94. The minimum Gasteiger partial charge on any atom is -0.497 e. The van der Waals surface area contributed by atoms with Crippen LogP contribution in [0.25, 0.3) is 11.1 Å². The number of carbonyl (C=O) groups is 1. The molecule has 0 amide bonds. The van der Waals surface area contributed by atoms with Gasteiger partial charge in [0.05, 0.1) is 19.3 Å². The van der Waals surface area contributed by atoms with Gasteiger partial charge in [-0.3, -0.25) is 4.90 Å². The molecule has 0 fully saturated rings. The number of ether oxygens (including phenoxy) is 2. The summed E-state index contributed by atoms with van der Waals surface area (Å²) in [5, 5.41) is 19.5. The van der Waals surface area contributed by atoms with Crippen LogP contribution >= 0.6 is 0 Å². The van der Waals surface area contributed by atoms with Gasteiger partial charge in [0.15, 0.2) is 0 Å². The van der Waals surface area contributed by atoms with Crippen LogP contribution in [0.4, 0.5) is 0 Å². The second-order valence-corrected chi connectivity index (χ2v) is 12.1. The fourth-order valence-corrected chi connectivity index (χ4v) is 6.76. The zero-order valence-electron chi connectivity index (χ0n) is 23.1. The third kappa shape index (κ3) is 6.31.